The van der Waals surface area contributed by atoms with Crippen LogP contribution in [-0.2, 0) is 22.6 Å². The van der Waals surface area contributed by atoms with Gasteiger partial charge in [-0.05, 0) is 60.5 Å². The average Bonchev–Trinajstić information content (AvgIpc) is 3.43. The number of carbonyl (C=O) groups is 2. The molecule has 0 spiro atoms. The lowest BCUT2D eigenvalue weighted by atomic mass is 10.1. The summed E-state index contributed by atoms with van der Waals surface area (Å²) in [4.78, 5) is 32.2. The fraction of sp³-hybridized carbons (Fsp3) is 0.357. The molecule has 2 aromatic carbocycles. The predicted molar refractivity (Wildman–Crippen MR) is 134 cm³/mol. The molecule has 2 amide bonds. The third-order valence-electron chi connectivity index (χ3n) is 6.28. The van der Waals surface area contributed by atoms with Crippen LogP contribution in [0.2, 0.25) is 0 Å². The number of hydrogen-bond acceptors (Lipinski definition) is 5. The molecule has 3 aromatic rings. The zero-order valence-electron chi connectivity index (χ0n) is 20.7. The van der Waals surface area contributed by atoms with E-state index in [9.17, 15) is 18.4 Å². The Hall–Kier alpha value is -3.56. The molecule has 9 heteroatoms. The summed E-state index contributed by atoms with van der Waals surface area (Å²) in [5.74, 6) is -0.809. The van der Waals surface area contributed by atoms with Crippen molar-refractivity contribution < 1.29 is 27.5 Å². The van der Waals surface area contributed by atoms with Crippen LogP contribution >= 0.6 is 0 Å². The molecule has 1 aliphatic heterocycles. The Morgan fingerprint density at radius 3 is 2.19 bits per heavy atom. The van der Waals surface area contributed by atoms with Crippen LogP contribution in [0.15, 0.2) is 71.3 Å². The maximum atomic E-state index is 13.5. The van der Waals surface area contributed by atoms with Crippen molar-refractivity contribution >= 4 is 11.8 Å². The molecule has 0 unspecified atom stereocenters. The van der Waals surface area contributed by atoms with Crippen molar-refractivity contribution in [2.24, 2.45) is 0 Å². The summed E-state index contributed by atoms with van der Waals surface area (Å²) in [6.07, 6.45) is 2.21. The Labute approximate surface area is 215 Å². The number of benzene rings is 2. The Kier molecular flexibility index (Phi) is 9.40. The minimum Gasteiger partial charge on any atom is -0.467 e. The molecule has 37 heavy (non-hydrogen) atoms. The highest BCUT2D eigenvalue weighted by Crippen LogP contribution is 2.14. The molecule has 0 radical (unpaired) electrons. The topological polar surface area (TPSA) is 66.2 Å². The summed E-state index contributed by atoms with van der Waals surface area (Å²) in [7, 11) is 0. The Morgan fingerprint density at radius 2 is 1.54 bits per heavy atom. The van der Waals surface area contributed by atoms with Crippen LogP contribution < -0.4 is 0 Å². The van der Waals surface area contributed by atoms with Crippen molar-refractivity contribution in [2.45, 2.75) is 19.5 Å². The molecule has 0 N–H and O–H groups in total. The minimum absolute atomic E-state index is 0.152. The molecule has 0 saturated carbocycles. The summed E-state index contributed by atoms with van der Waals surface area (Å²) in [5, 5.41) is 0. The molecule has 0 aliphatic carbocycles. The lowest BCUT2D eigenvalue weighted by molar-refractivity contribution is -0.133. The van der Waals surface area contributed by atoms with Crippen LogP contribution in [0, 0.1) is 11.6 Å². The van der Waals surface area contributed by atoms with E-state index < -0.39 is 5.82 Å². The lowest BCUT2D eigenvalue weighted by Gasteiger charge is -2.30. The number of hydrogen-bond donors (Lipinski definition) is 0. The van der Waals surface area contributed by atoms with E-state index >= 15 is 0 Å². The largest absolute Gasteiger partial charge is 0.467 e. The SMILES string of the molecule is O=C(CN(CCCN1CCOCC1)C(=O)c1ccc(F)cc1)N(Cc1ccc(F)cc1)Cc1ccco1. The van der Waals surface area contributed by atoms with Gasteiger partial charge in [-0.3, -0.25) is 14.5 Å². The number of rotatable bonds is 11. The first-order valence-electron chi connectivity index (χ1n) is 12.4. The molecule has 1 aliphatic rings. The van der Waals surface area contributed by atoms with Gasteiger partial charge >= 0.3 is 0 Å². The van der Waals surface area contributed by atoms with Crippen molar-refractivity contribution in [2.75, 3.05) is 45.9 Å². The Balaban J connectivity index is 1.48. The summed E-state index contributed by atoms with van der Waals surface area (Å²) < 4.78 is 37.7. The molecular formula is C28H31F2N3O4. The number of ether oxygens (including phenoxy) is 1. The third-order valence-corrected chi connectivity index (χ3v) is 6.28. The number of carbonyl (C=O) groups excluding carboxylic acids is 2. The van der Waals surface area contributed by atoms with E-state index in [0.29, 0.717) is 37.5 Å². The van der Waals surface area contributed by atoms with Crippen LogP contribution in [0.5, 0.6) is 0 Å². The van der Waals surface area contributed by atoms with E-state index in [0.717, 1.165) is 25.2 Å². The van der Waals surface area contributed by atoms with Gasteiger partial charge in [0, 0.05) is 38.3 Å². The number of nitrogens with zero attached hydrogens (tertiary/aromatic N) is 3. The number of furan rings is 1. The second-order valence-corrected chi connectivity index (χ2v) is 9.00. The van der Waals surface area contributed by atoms with Gasteiger partial charge in [-0.15, -0.1) is 0 Å². The van der Waals surface area contributed by atoms with Gasteiger partial charge in [0.25, 0.3) is 5.91 Å². The predicted octanol–water partition coefficient (Wildman–Crippen LogP) is 3.95. The van der Waals surface area contributed by atoms with Gasteiger partial charge in [-0.2, -0.15) is 0 Å². The van der Waals surface area contributed by atoms with Crippen molar-refractivity contribution in [3.05, 3.63) is 95.4 Å². The summed E-state index contributed by atoms with van der Waals surface area (Å²) in [6, 6.07) is 14.8. The first kappa shape index (κ1) is 26.5. The molecule has 2 heterocycles. The number of amides is 2. The van der Waals surface area contributed by atoms with Crippen molar-refractivity contribution in [1.82, 2.24) is 14.7 Å². The molecule has 4 rings (SSSR count). The molecule has 1 fully saturated rings. The zero-order chi connectivity index (χ0) is 26.0. The lowest BCUT2D eigenvalue weighted by Crippen LogP contribution is -2.44. The molecule has 1 aromatic heterocycles. The second kappa shape index (κ2) is 13.1. The van der Waals surface area contributed by atoms with E-state index in [1.807, 2.05) is 0 Å². The van der Waals surface area contributed by atoms with E-state index in [1.54, 1.807) is 29.2 Å². The van der Waals surface area contributed by atoms with Crippen molar-refractivity contribution in [3.8, 4) is 0 Å². The van der Waals surface area contributed by atoms with Crippen LogP contribution in [0.1, 0.15) is 28.1 Å². The van der Waals surface area contributed by atoms with Gasteiger partial charge in [0.15, 0.2) is 0 Å². The van der Waals surface area contributed by atoms with Crippen LogP contribution in [0.25, 0.3) is 0 Å². The van der Waals surface area contributed by atoms with E-state index in [-0.39, 0.29) is 37.3 Å². The molecule has 196 valence electrons. The van der Waals surface area contributed by atoms with Crippen LogP contribution in [-0.4, -0.2) is 72.5 Å². The summed E-state index contributed by atoms with van der Waals surface area (Å²) in [5.41, 5.74) is 1.07. The Morgan fingerprint density at radius 1 is 0.865 bits per heavy atom. The molecule has 1 saturated heterocycles. The standard InChI is InChI=1S/C28H31F2N3O4/c29-24-8-4-22(5-9-24)19-33(20-26-3-1-16-37-26)27(34)21-32(13-2-12-31-14-17-36-18-15-31)28(35)23-6-10-25(30)11-7-23/h1,3-11,16H,2,12-15,17-21H2. The second-order valence-electron chi connectivity index (χ2n) is 9.00. The monoisotopic (exact) mass is 511 g/mol. The van der Waals surface area contributed by atoms with Gasteiger partial charge in [0.2, 0.25) is 5.91 Å². The average molecular weight is 512 g/mol. The zero-order valence-corrected chi connectivity index (χ0v) is 20.7. The van der Waals surface area contributed by atoms with Gasteiger partial charge < -0.3 is 19.0 Å². The molecular weight excluding hydrogens is 480 g/mol. The fourth-order valence-corrected chi connectivity index (χ4v) is 4.23. The smallest absolute Gasteiger partial charge is 0.254 e. The number of morpholine rings is 1. The first-order valence-corrected chi connectivity index (χ1v) is 12.4. The van der Waals surface area contributed by atoms with E-state index in [2.05, 4.69) is 4.90 Å². The quantitative estimate of drug-likeness (QED) is 0.390. The highest BCUT2D eigenvalue weighted by atomic mass is 19.1. The number of halogens is 2. The van der Waals surface area contributed by atoms with Gasteiger partial charge in [0.05, 0.1) is 26.0 Å². The van der Waals surface area contributed by atoms with Gasteiger partial charge in [-0.1, -0.05) is 12.1 Å². The van der Waals surface area contributed by atoms with Gasteiger partial charge in [0.1, 0.15) is 23.9 Å². The highest BCUT2D eigenvalue weighted by Gasteiger charge is 2.24. The van der Waals surface area contributed by atoms with E-state index in [4.69, 9.17) is 9.15 Å². The molecule has 0 atom stereocenters. The first-order chi connectivity index (χ1) is 18.0. The summed E-state index contributed by atoms with van der Waals surface area (Å²) >= 11 is 0. The van der Waals surface area contributed by atoms with E-state index in [1.165, 1.54) is 47.6 Å². The Bertz CT molecular complexity index is 1130. The molecule has 0 bridgehead atoms. The maximum absolute atomic E-state index is 13.5. The van der Waals surface area contributed by atoms with Crippen molar-refractivity contribution in [1.29, 1.82) is 0 Å². The third kappa shape index (κ3) is 7.96. The van der Waals surface area contributed by atoms with Crippen LogP contribution in [0.4, 0.5) is 8.78 Å². The van der Waals surface area contributed by atoms with Crippen molar-refractivity contribution in [3.63, 3.8) is 0 Å². The highest BCUT2D eigenvalue weighted by molar-refractivity contribution is 5.96. The molecule has 7 nitrogen and oxygen atoms in total. The summed E-state index contributed by atoms with van der Waals surface area (Å²) in [6.45, 7) is 4.45. The normalized spacial score (nSPS) is 13.9. The minimum atomic E-state index is -0.435. The fourth-order valence-electron chi connectivity index (χ4n) is 4.23. The van der Waals surface area contributed by atoms with Gasteiger partial charge in [-0.25, -0.2) is 8.78 Å². The maximum Gasteiger partial charge on any atom is 0.254 e. The van der Waals surface area contributed by atoms with Crippen LogP contribution in [0.3, 0.4) is 0 Å².